The summed E-state index contributed by atoms with van der Waals surface area (Å²) in [7, 11) is 0. The van der Waals surface area contributed by atoms with E-state index in [1.54, 1.807) is 6.20 Å². The molecule has 0 bridgehead atoms. The van der Waals surface area contributed by atoms with Crippen molar-refractivity contribution in [1.29, 1.82) is 0 Å². The molecule has 2 heterocycles. The molecule has 4 heteroatoms. The van der Waals surface area contributed by atoms with Gasteiger partial charge in [0, 0.05) is 6.20 Å². The minimum Gasteiger partial charge on any atom is -0.462 e. The predicted octanol–water partition coefficient (Wildman–Crippen LogP) is 3.76. The summed E-state index contributed by atoms with van der Waals surface area (Å²) >= 11 is 0. The van der Waals surface area contributed by atoms with Crippen molar-refractivity contribution in [3.63, 3.8) is 0 Å². The number of pyridine rings is 2. The maximum Gasteiger partial charge on any atom is 0.340 e. The summed E-state index contributed by atoms with van der Waals surface area (Å²) in [6.07, 6.45) is 6.44. The summed E-state index contributed by atoms with van der Waals surface area (Å²) in [5.41, 5.74) is 5.69. The van der Waals surface area contributed by atoms with Gasteiger partial charge in [-0.2, -0.15) is 0 Å². The maximum atomic E-state index is 12.5. The number of fused-ring (bicyclic) bond motifs is 1. The topological polar surface area (TPSA) is 52.1 Å². The van der Waals surface area contributed by atoms with Crippen molar-refractivity contribution < 1.29 is 9.53 Å². The normalized spacial score (nSPS) is 13.0. The zero-order valence-corrected chi connectivity index (χ0v) is 13.8. The maximum absolute atomic E-state index is 12.5. The van der Waals surface area contributed by atoms with E-state index in [4.69, 9.17) is 9.72 Å². The van der Waals surface area contributed by atoms with Gasteiger partial charge < -0.3 is 4.74 Å². The van der Waals surface area contributed by atoms with Crippen LogP contribution in [0.2, 0.25) is 0 Å². The molecule has 0 radical (unpaired) electrons. The molecule has 0 amide bonds. The van der Waals surface area contributed by atoms with Crippen molar-refractivity contribution in [2.24, 2.45) is 0 Å². The molecule has 0 N–H and O–H groups in total. The van der Waals surface area contributed by atoms with Crippen LogP contribution in [0.15, 0.2) is 24.4 Å². The van der Waals surface area contributed by atoms with Crippen LogP contribution in [-0.4, -0.2) is 22.5 Å². The van der Waals surface area contributed by atoms with Gasteiger partial charge in [-0.15, -0.1) is 0 Å². The average molecular weight is 310 g/mol. The molecule has 2 aromatic rings. The molecule has 0 atom stereocenters. The highest BCUT2D eigenvalue weighted by molar-refractivity contribution is 5.94. The second-order valence-corrected chi connectivity index (χ2v) is 5.78. The van der Waals surface area contributed by atoms with Crippen molar-refractivity contribution >= 4 is 5.97 Å². The Bertz CT molecular complexity index is 711. The van der Waals surface area contributed by atoms with Crippen molar-refractivity contribution in [3.8, 4) is 11.4 Å². The standard InChI is InChI=1S/C19H22N2O2/c1-3-8-15-17(19(22)23-4-2)13-9-7-10-14(13)18(21-15)16-11-5-6-12-20-16/h5-6,11-12H,3-4,7-10H2,1-2H3. The molecule has 0 spiro atoms. The van der Waals surface area contributed by atoms with E-state index in [0.29, 0.717) is 12.2 Å². The molecule has 1 aliphatic rings. The Labute approximate surface area is 136 Å². The minimum atomic E-state index is -0.228. The highest BCUT2D eigenvalue weighted by Gasteiger charge is 2.28. The van der Waals surface area contributed by atoms with E-state index in [1.807, 2.05) is 25.1 Å². The van der Waals surface area contributed by atoms with Gasteiger partial charge in [0.15, 0.2) is 0 Å². The van der Waals surface area contributed by atoms with Crippen LogP contribution in [0.25, 0.3) is 11.4 Å². The molecule has 2 aromatic heterocycles. The summed E-state index contributed by atoms with van der Waals surface area (Å²) in [4.78, 5) is 21.8. The zero-order chi connectivity index (χ0) is 16.2. The lowest BCUT2D eigenvalue weighted by Gasteiger charge is -2.16. The second kappa shape index (κ2) is 6.90. The SMILES string of the molecule is CCCc1nc(-c2ccccn2)c2c(c1C(=O)OCC)CCC2. The van der Waals surface area contributed by atoms with Crippen LogP contribution in [0, 0.1) is 0 Å². The fraction of sp³-hybridized carbons (Fsp3) is 0.421. The molecule has 0 aromatic carbocycles. The average Bonchev–Trinajstić information content (AvgIpc) is 3.04. The van der Waals surface area contributed by atoms with Crippen LogP contribution in [-0.2, 0) is 24.0 Å². The number of ether oxygens (including phenoxy) is 1. The first kappa shape index (κ1) is 15.7. The van der Waals surface area contributed by atoms with Gasteiger partial charge in [0.1, 0.15) is 0 Å². The summed E-state index contributed by atoms with van der Waals surface area (Å²) in [6.45, 7) is 4.33. The van der Waals surface area contributed by atoms with Gasteiger partial charge in [-0.25, -0.2) is 9.78 Å². The first-order valence-electron chi connectivity index (χ1n) is 8.39. The molecule has 0 fully saturated rings. The molecule has 4 nitrogen and oxygen atoms in total. The lowest BCUT2D eigenvalue weighted by molar-refractivity contribution is 0.0523. The fourth-order valence-electron chi connectivity index (χ4n) is 3.29. The number of hydrogen-bond donors (Lipinski definition) is 0. The van der Waals surface area contributed by atoms with Gasteiger partial charge in [0.2, 0.25) is 0 Å². The molecule has 0 unspecified atom stereocenters. The Morgan fingerprint density at radius 2 is 2.04 bits per heavy atom. The van der Waals surface area contributed by atoms with Gasteiger partial charge in [0.05, 0.1) is 29.3 Å². The van der Waals surface area contributed by atoms with E-state index >= 15 is 0 Å². The number of carbonyl (C=O) groups is 1. The monoisotopic (exact) mass is 310 g/mol. The van der Waals surface area contributed by atoms with E-state index in [2.05, 4.69) is 11.9 Å². The largest absolute Gasteiger partial charge is 0.462 e. The minimum absolute atomic E-state index is 0.228. The number of carbonyl (C=O) groups excluding carboxylic acids is 1. The molecule has 3 rings (SSSR count). The summed E-state index contributed by atoms with van der Waals surface area (Å²) in [5.74, 6) is -0.228. The Balaban J connectivity index is 2.19. The van der Waals surface area contributed by atoms with Crippen LogP contribution < -0.4 is 0 Å². The third-order valence-electron chi connectivity index (χ3n) is 4.21. The van der Waals surface area contributed by atoms with Crippen molar-refractivity contribution in [3.05, 3.63) is 46.8 Å². The third-order valence-corrected chi connectivity index (χ3v) is 4.21. The van der Waals surface area contributed by atoms with Crippen LogP contribution in [0.4, 0.5) is 0 Å². The second-order valence-electron chi connectivity index (χ2n) is 5.78. The molecular formula is C19H22N2O2. The van der Waals surface area contributed by atoms with Crippen LogP contribution in [0.5, 0.6) is 0 Å². The lowest BCUT2D eigenvalue weighted by atomic mass is 9.97. The number of esters is 1. The van der Waals surface area contributed by atoms with Gasteiger partial charge in [0.25, 0.3) is 0 Å². The van der Waals surface area contributed by atoms with E-state index in [1.165, 1.54) is 5.56 Å². The molecule has 1 aliphatic carbocycles. The number of rotatable bonds is 5. The Morgan fingerprint density at radius 1 is 1.22 bits per heavy atom. The molecule has 0 saturated carbocycles. The van der Waals surface area contributed by atoms with Crippen molar-refractivity contribution in [1.82, 2.24) is 9.97 Å². The predicted molar refractivity (Wildman–Crippen MR) is 89.4 cm³/mol. The van der Waals surface area contributed by atoms with E-state index < -0.39 is 0 Å². The highest BCUT2D eigenvalue weighted by Crippen LogP contribution is 2.34. The Morgan fingerprint density at radius 3 is 2.74 bits per heavy atom. The number of nitrogens with zero attached hydrogens (tertiary/aromatic N) is 2. The van der Waals surface area contributed by atoms with E-state index in [-0.39, 0.29) is 5.97 Å². The van der Waals surface area contributed by atoms with Crippen LogP contribution in [0.1, 0.15) is 53.9 Å². The van der Waals surface area contributed by atoms with Gasteiger partial charge in [-0.05, 0) is 55.9 Å². The van der Waals surface area contributed by atoms with E-state index in [0.717, 1.165) is 54.7 Å². The van der Waals surface area contributed by atoms with Gasteiger partial charge >= 0.3 is 5.97 Å². The van der Waals surface area contributed by atoms with Crippen molar-refractivity contribution in [2.45, 2.75) is 46.0 Å². The lowest BCUT2D eigenvalue weighted by Crippen LogP contribution is -2.15. The van der Waals surface area contributed by atoms with Gasteiger partial charge in [-0.1, -0.05) is 19.4 Å². The summed E-state index contributed by atoms with van der Waals surface area (Å²) < 4.78 is 5.29. The number of aryl methyl sites for hydroxylation is 1. The fourth-order valence-corrected chi connectivity index (χ4v) is 3.29. The molecule has 23 heavy (non-hydrogen) atoms. The number of aromatic nitrogens is 2. The summed E-state index contributed by atoms with van der Waals surface area (Å²) in [6, 6.07) is 5.87. The Hall–Kier alpha value is -2.23. The van der Waals surface area contributed by atoms with Crippen LogP contribution in [0.3, 0.4) is 0 Å². The van der Waals surface area contributed by atoms with Gasteiger partial charge in [-0.3, -0.25) is 4.98 Å². The Kier molecular flexibility index (Phi) is 4.70. The first-order chi connectivity index (χ1) is 11.3. The third kappa shape index (κ3) is 2.98. The smallest absolute Gasteiger partial charge is 0.340 e. The van der Waals surface area contributed by atoms with Crippen LogP contribution >= 0.6 is 0 Å². The number of hydrogen-bond acceptors (Lipinski definition) is 4. The van der Waals surface area contributed by atoms with E-state index in [9.17, 15) is 4.79 Å². The quantitative estimate of drug-likeness (QED) is 0.789. The highest BCUT2D eigenvalue weighted by atomic mass is 16.5. The first-order valence-corrected chi connectivity index (χ1v) is 8.39. The van der Waals surface area contributed by atoms with Crippen molar-refractivity contribution in [2.75, 3.05) is 6.61 Å². The molecule has 0 saturated heterocycles. The molecular weight excluding hydrogens is 288 g/mol. The molecule has 0 aliphatic heterocycles. The summed E-state index contributed by atoms with van der Waals surface area (Å²) in [5, 5.41) is 0. The zero-order valence-electron chi connectivity index (χ0n) is 13.8. The molecule has 120 valence electrons.